The molecule has 0 radical (unpaired) electrons. The highest BCUT2D eigenvalue weighted by atomic mass is 16.4. The lowest BCUT2D eigenvalue weighted by molar-refractivity contribution is -0.143. The Morgan fingerprint density at radius 1 is 1.57 bits per heavy atom. The van der Waals surface area contributed by atoms with Crippen molar-refractivity contribution in [1.29, 1.82) is 5.26 Å². The van der Waals surface area contributed by atoms with E-state index >= 15 is 0 Å². The second kappa shape index (κ2) is 4.99. The average Bonchev–Trinajstić information content (AvgIpc) is 2.57. The van der Waals surface area contributed by atoms with Crippen molar-refractivity contribution in [3.63, 3.8) is 0 Å². The SMILES string of the molecule is CC[C@@H]1C[C@H](CCC#N)C[C@@H]1C(=O)O. The lowest BCUT2D eigenvalue weighted by atomic mass is 9.94. The van der Waals surface area contributed by atoms with E-state index in [1.807, 2.05) is 6.92 Å². The second-order valence-electron chi connectivity index (χ2n) is 4.15. The predicted molar refractivity (Wildman–Crippen MR) is 52.5 cm³/mol. The first kappa shape index (κ1) is 11.0. The molecule has 1 saturated carbocycles. The van der Waals surface area contributed by atoms with E-state index < -0.39 is 5.97 Å². The average molecular weight is 195 g/mol. The van der Waals surface area contributed by atoms with Crippen molar-refractivity contribution >= 4 is 5.97 Å². The number of hydrogen-bond acceptors (Lipinski definition) is 2. The van der Waals surface area contributed by atoms with Crippen LogP contribution in [0.5, 0.6) is 0 Å². The largest absolute Gasteiger partial charge is 0.481 e. The van der Waals surface area contributed by atoms with Crippen LogP contribution in [0.3, 0.4) is 0 Å². The Hall–Kier alpha value is -1.04. The van der Waals surface area contributed by atoms with Crippen LogP contribution in [0.4, 0.5) is 0 Å². The number of carbonyl (C=O) groups is 1. The first-order valence-corrected chi connectivity index (χ1v) is 5.28. The van der Waals surface area contributed by atoms with Gasteiger partial charge in [0.2, 0.25) is 0 Å². The van der Waals surface area contributed by atoms with E-state index in [9.17, 15) is 4.79 Å². The minimum atomic E-state index is -0.656. The van der Waals surface area contributed by atoms with Crippen LogP contribution in [0.25, 0.3) is 0 Å². The smallest absolute Gasteiger partial charge is 0.306 e. The summed E-state index contributed by atoms with van der Waals surface area (Å²) in [5.41, 5.74) is 0. The van der Waals surface area contributed by atoms with Gasteiger partial charge in [-0.05, 0) is 31.1 Å². The third-order valence-electron chi connectivity index (χ3n) is 3.30. The van der Waals surface area contributed by atoms with Crippen molar-refractivity contribution in [1.82, 2.24) is 0 Å². The Balaban J connectivity index is 2.48. The van der Waals surface area contributed by atoms with Gasteiger partial charge in [0.1, 0.15) is 0 Å². The Labute approximate surface area is 84.7 Å². The first-order valence-electron chi connectivity index (χ1n) is 5.28. The van der Waals surface area contributed by atoms with Crippen LogP contribution < -0.4 is 0 Å². The van der Waals surface area contributed by atoms with Gasteiger partial charge in [-0.2, -0.15) is 5.26 Å². The van der Waals surface area contributed by atoms with Gasteiger partial charge in [-0.1, -0.05) is 13.3 Å². The fourth-order valence-electron chi connectivity index (χ4n) is 2.50. The van der Waals surface area contributed by atoms with Crippen LogP contribution in [0.2, 0.25) is 0 Å². The maximum atomic E-state index is 10.9. The van der Waals surface area contributed by atoms with Gasteiger partial charge in [0.25, 0.3) is 0 Å². The molecule has 0 unspecified atom stereocenters. The van der Waals surface area contributed by atoms with Crippen molar-refractivity contribution in [3.05, 3.63) is 0 Å². The van der Waals surface area contributed by atoms with Crippen LogP contribution in [0.15, 0.2) is 0 Å². The number of carboxylic acids is 1. The summed E-state index contributed by atoms with van der Waals surface area (Å²) < 4.78 is 0. The normalized spacial score (nSPS) is 31.3. The highest BCUT2D eigenvalue weighted by Gasteiger charge is 2.37. The summed E-state index contributed by atoms with van der Waals surface area (Å²) in [5.74, 6) is -0.0307. The Bertz CT molecular complexity index is 244. The van der Waals surface area contributed by atoms with Gasteiger partial charge in [-0.15, -0.1) is 0 Å². The van der Waals surface area contributed by atoms with Crippen molar-refractivity contribution in [2.45, 2.75) is 39.0 Å². The zero-order valence-corrected chi connectivity index (χ0v) is 8.57. The van der Waals surface area contributed by atoms with Gasteiger partial charge in [0.05, 0.1) is 12.0 Å². The Morgan fingerprint density at radius 2 is 2.29 bits per heavy atom. The molecule has 0 aromatic heterocycles. The van der Waals surface area contributed by atoms with Crippen LogP contribution in [-0.4, -0.2) is 11.1 Å². The molecule has 78 valence electrons. The van der Waals surface area contributed by atoms with Crippen LogP contribution in [-0.2, 0) is 4.79 Å². The van der Waals surface area contributed by atoms with E-state index in [4.69, 9.17) is 10.4 Å². The summed E-state index contributed by atoms with van der Waals surface area (Å²) in [6.45, 7) is 2.05. The number of rotatable bonds is 4. The molecule has 0 amide bonds. The molecule has 1 aliphatic rings. The molecule has 1 fully saturated rings. The zero-order chi connectivity index (χ0) is 10.6. The van der Waals surface area contributed by atoms with E-state index in [1.54, 1.807) is 0 Å². The lowest BCUT2D eigenvalue weighted by Crippen LogP contribution is -2.17. The molecule has 1 N–H and O–H groups in total. The van der Waals surface area contributed by atoms with E-state index in [-0.39, 0.29) is 5.92 Å². The number of nitrogens with zero attached hydrogens (tertiary/aromatic N) is 1. The zero-order valence-electron chi connectivity index (χ0n) is 8.57. The topological polar surface area (TPSA) is 61.1 Å². The van der Waals surface area contributed by atoms with Gasteiger partial charge in [-0.25, -0.2) is 0 Å². The van der Waals surface area contributed by atoms with Crippen molar-refractivity contribution < 1.29 is 9.90 Å². The van der Waals surface area contributed by atoms with Gasteiger partial charge >= 0.3 is 5.97 Å². The number of aliphatic carboxylic acids is 1. The molecule has 1 rings (SSSR count). The summed E-state index contributed by atoms with van der Waals surface area (Å²) in [7, 11) is 0. The molecule has 14 heavy (non-hydrogen) atoms. The van der Waals surface area contributed by atoms with E-state index in [1.165, 1.54) is 0 Å². The van der Waals surface area contributed by atoms with Crippen molar-refractivity contribution in [2.24, 2.45) is 17.8 Å². The van der Waals surface area contributed by atoms with E-state index in [2.05, 4.69) is 6.07 Å². The summed E-state index contributed by atoms with van der Waals surface area (Å²) in [6, 6.07) is 2.12. The fourth-order valence-corrected chi connectivity index (χ4v) is 2.50. The fraction of sp³-hybridized carbons (Fsp3) is 0.818. The molecule has 3 atom stereocenters. The molecule has 0 bridgehead atoms. The number of hydrogen-bond donors (Lipinski definition) is 1. The molecule has 1 aliphatic carbocycles. The highest BCUT2D eigenvalue weighted by molar-refractivity contribution is 5.70. The van der Waals surface area contributed by atoms with Gasteiger partial charge in [0.15, 0.2) is 0 Å². The highest BCUT2D eigenvalue weighted by Crippen LogP contribution is 2.40. The summed E-state index contributed by atoms with van der Waals surface area (Å²) in [6.07, 6.45) is 4.15. The standard InChI is InChI=1S/C11H17NO2/c1-2-9-6-8(4-3-5-12)7-10(9)11(13)14/h8-10H,2-4,6-7H2,1H3,(H,13,14)/t8-,9+,10-/m0/s1. The molecule has 3 nitrogen and oxygen atoms in total. The molecule has 0 heterocycles. The van der Waals surface area contributed by atoms with Crippen molar-refractivity contribution in [2.75, 3.05) is 0 Å². The third-order valence-corrected chi connectivity index (χ3v) is 3.30. The minimum absolute atomic E-state index is 0.163. The molecule has 3 heteroatoms. The maximum absolute atomic E-state index is 10.9. The van der Waals surface area contributed by atoms with Gasteiger partial charge < -0.3 is 5.11 Å². The first-order chi connectivity index (χ1) is 6.69. The van der Waals surface area contributed by atoms with Crippen LogP contribution in [0.1, 0.15) is 39.0 Å². The molecule has 0 spiro atoms. The molecular weight excluding hydrogens is 178 g/mol. The third kappa shape index (κ3) is 2.47. The maximum Gasteiger partial charge on any atom is 0.306 e. The molecule has 0 saturated heterocycles. The van der Waals surface area contributed by atoms with Crippen LogP contribution in [0, 0.1) is 29.1 Å². The van der Waals surface area contributed by atoms with Gasteiger partial charge in [-0.3, -0.25) is 4.79 Å². The van der Waals surface area contributed by atoms with Crippen molar-refractivity contribution in [3.8, 4) is 6.07 Å². The molecule has 0 aliphatic heterocycles. The van der Waals surface area contributed by atoms with E-state index in [0.29, 0.717) is 18.3 Å². The lowest BCUT2D eigenvalue weighted by Gasteiger charge is -2.11. The monoisotopic (exact) mass is 195 g/mol. The molecule has 0 aromatic rings. The number of nitriles is 1. The summed E-state index contributed by atoms with van der Waals surface area (Å²) in [4.78, 5) is 10.9. The summed E-state index contributed by atoms with van der Waals surface area (Å²) in [5, 5.41) is 17.5. The Kier molecular flexibility index (Phi) is 3.94. The minimum Gasteiger partial charge on any atom is -0.481 e. The quantitative estimate of drug-likeness (QED) is 0.749. The second-order valence-corrected chi connectivity index (χ2v) is 4.15. The predicted octanol–water partition coefficient (Wildman–Crippen LogP) is 2.43. The Morgan fingerprint density at radius 3 is 2.71 bits per heavy atom. The number of carboxylic acid groups (broad SMARTS) is 1. The molecule has 0 aromatic carbocycles. The van der Waals surface area contributed by atoms with Gasteiger partial charge in [0, 0.05) is 6.42 Å². The van der Waals surface area contributed by atoms with Crippen LogP contribution >= 0.6 is 0 Å². The van der Waals surface area contributed by atoms with E-state index in [0.717, 1.165) is 25.7 Å². The molecular formula is C11H17NO2. The summed E-state index contributed by atoms with van der Waals surface area (Å²) >= 11 is 0.